The van der Waals surface area contributed by atoms with Crippen molar-refractivity contribution in [2.75, 3.05) is 37.8 Å². The molecule has 272 valence electrons. The van der Waals surface area contributed by atoms with Crippen molar-refractivity contribution in [3.05, 3.63) is 12.7 Å². The molecule has 1 fully saturated rings. The zero-order valence-electron chi connectivity index (χ0n) is 28.1. The van der Waals surface area contributed by atoms with Gasteiger partial charge in [0.05, 0.1) is 25.6 Å². The molecule has 7 N–H and O–H groups in total. The van der Waals surface area contributed by atoms with Crippen molar-refractivity contribution in [1.82, 2.24) is 19.5 Å². The number of rotatable bonds is 18. The van der Waals surface area contributed by atoms with Crippen LogP contribution in [0.25, 0.3) is 11.2 Å². The van der Waals surface area contributed by atoms with Crippen LogP contribution in [0, 0.1) is 5.41 Å². The monoisotopic (exact) mass is 785 g/mol. The Balaban J connectivity index is 0.00000833. The number of aliphatic hydroxyl groups is 2. The Morgan fingerprint density at radius 1 is 1.10 bits per heavy atom. The van der Waals surface area contributed by atoms with Gasteiger partial charge in [-0.15, -0.1) is 0 Å². The largest absolute Gasteiger partial charge is 1.00 e. The molecule has 0 spiro atoms. The van der Waals surface area contributed by atoms with Gasteiger partial charge in [-0.05, 0) is 18.2 Å². The van der Waals surface area contributed by atoms with E-state index in [1.807, 2.05) is 0 Å². The van der Waals surface area contributed by atoms with Crippen molar-refractivity contribution in [2.24, 2.45) is 15.4 Å². The Hall–Kier alpha value is -0.318. The number of hydrogen-bond acceptors (Lipinski definition) is 20. The number of fused-ring (bicyclic) bond motifs is 1. The summed E-state index contributed by atoms with van der Waals surface area (Å²) in [6.07, 6.45) is -7.14. The van der Waals surface area contributed by atoms with E-state index in [2.05, 4.69) is 55.4 Å². The number of imidazole rings is 1. The van der Waals surface area contributed by atoms with Gasteiger partial charge in [-0.3, -0.25) is 18.2 Å². The third-order valence-electron chi connectivity index (χ3n) is 6.39. The number of thiol groups is 1. The molecule has 23 nitrogen and oxygen atoms in total. The maximum absolute atomic E-state index is 12.6. The quantitative estimate of drug-likeness (QED) is 0.0242. The van der Waals surface area contributed by atoms with Gasteiger partial charge >= 0.3 is 72.2 Å². The number of anilines is 1. The fraction of sp³-hybridized carbons (Fsp3) is 0.667. The van der Waals surface area contributed by atoms with Gasteiger partial charge in [-0.2, -0.15) is 16.9 Å². The van der Waals surface area contributed by atoms with E-state index in [0.29, 0.717) is 5.75 Å². The summed E-state index contributed by atoms with van der Waals surface area (Å²) in [6, 6.07) is 0. The number of nitrogens with two attached hydrogens (primary N) is 1. The van der Waals surface area contributed by atoms with E-state index in [0.717, 1.165) is 17.2 Å². The number of ether oxygens (including phenoxy) is 1. The van der Waals surface area contributed by atoms with E-state index in [4.69, 9.17) is 10.5 Å². The Labute approximate surface area is 332 Å². The smallest absolute Gasteiger partial charge is 0.862 e. The molecule has 0 amide bonds. The summed E-state index contributed by atoms with van der Waals surface area (Å²) in [5.74, 6) is -1.33. The van der Waals surface area contributed by atoms with Gasteiger partial charge in [0, 0.05) is 24.3 Å². The van der Waals surface area contributed by atoms with Crippen molar-refractivity contribution in [1.29, 1.82) is 0 Å². The number of phosphoric ester groups is 3. The Morgan fingerprint density at radius 2 is 1.73 bits per heavy atom. The standard InChI is InChI=1S/C21H36N7O16P3S.3Li/c1-21(2,16(31)19(32)24-4-3-12(29)23-5-6-48)8-41-47(38,39)44-46(36,37)40-7-11-15(43-45(33,34)35)14(30)20(42-11)28-10-27-13-17(22)25-9-26-18(13)28;;;/h9-11,14-16,20,30-31,48H,3-8H2,1-2H3,(H,23,29)(H,24,32)(H,36,37)(H,38,39)(H2,22,25,26)(H2,33,34,35);;;/q;3*+1/p-3/t11-,14-,15-,16?,20-;;;/m1.../s1. The number of hydrogen-bond donors (Lipinski definition) is 7. The second kappa shape index (κ2) is 21.1. The normalized spacial score (nSPS) is 23.9. The molecule has 0 aromatic carbocycles. The van der Waals surface area contributed by atoms with Crippen molar-refractivity contribution in [2.45, 2.75) is 50.9 Å². The molecule has 0 bridgehead atoms. The number of nitrogen functional groups attached to an aromatic ring is 1. The summed E-state index contributed by atoms with van der Waals surface area (Å²) >= 11 is 3.91. The summed E-state index contributed by atoms with van der Waals surface area (Å²) in [7, 11) is -16.6. The summed E-state index contributed by atoms with van der Waals surface area (Å²) in [5, 5.41) is 45.0. The molecule has 2 aromatic heterocycles. The van der Waals surface area contributed by atoms with Crippen LogP contribution in [-0.4, -0.2) is 113 Å². The van der Waals surface area contributed by atoms with Crippen LogP contribution in [0.2, 0.25) is 0 Å². The molecule has 1 aliphatic rings. The first-order valence-corrected chi connectivity index (χ1v) is 18.6. The number of aliphatic hydroxyl groups excluding tert-OH is 2. The van der Waals surface area contributed by atoms with Gasteiger partial charge in [0.2, 0.25) is 0 Å². The van der Waals surface area contributed by atoms with E-state index in [9.17, 15) is 53.7 Å². The van der Waals surface area contributed by atoms with Gasteiger partial charge in [-0.25, -0.2) is 24.1 Å². The van der Waals surface area contributed by atoms with Gasteiger partial charge < -0.3 is 65.0 Å². The molecule has 1 saturated heterocycles. The third kappa shape index (κ3) is 15.0. The molecule has 0 saturated carbocycles. The first kappa shape index (κ1) is 50.7. The molecule has 3 heterocycles. The second-order valence-electron chi connectivity index (χ2n) is 10.6. The van der Waals surface area contributed by atoms with Crippen molar-refractivity contribution in [3.63, 3.8) is 0 Å². The van der Waals surface area contributed by atoms with Crippen LogP contribution < -0.4 is 77.4 Å². The van der Waals surface area contributed by atoms with Gasteiger partial charge in [-0.1, -0.05) is 13.8 Å². The first-order valence-electron chi connectivity index (χ1n) is 13.5. The van der Waals surface area contributed by atoms with Crippen LogP contribution in [0.1, 0.15) is 26.5 Å². The van der Waals surface area contributed by atoms with E-state index < -0.39 is 84.5 Å². The molecule has 1 aliphatic heterocycles. The molecular weight excluding hydrogens is 752 g/mol. The molecule has 4 unspecified atom stereocenters. The van der Waals surface area contributed by atoms with E-state index in [1.165, 1.54) is 13.8 Å². The maximum atomic E-state index is 12.6. The van der Waals surface area contributed by atoms with Crippen molar-refractivity contribution >= 4 is 64.9 Å². The summed E-state index contributed by atoms with van der Waals surface area (Å²) in [5.41, 5.74) is 4.21. The fourth-order valence-electron chi connectivity index (χ4n) is 4.03. The van der Waals surface area contributed by atoms with Crippen LogP contribution in [0.3, 0.4) is 0 Å². The average Bonchev–Trinajstić information content (AvgIpc) is 3.54. The third-order valence-corrected chi connectivity index (χ3v) is 9.68. The van der Waals surface area contributed by atoms with Crippen LogP contribution in [-0.2, 0) is 36.3 Å². The molecule has 51 heavy (non-hydrogen) atoms. The van der Waals surface area contributed by atoms with Gasteiger partial charge in [0.1, 0.15) is 30.2 Å². The molecule has 2 aromatic rings. The SMILES string of the molecule is CC(C)(COP(=O)(O)OP(=O)(O)OC[C@H]1O[C@@H](n2cnc3c(N)ncnc32)[C@H](O)[C@@H]1OP(=O)([O-])O)C(O)C([O-])=NCCC([O-])=NCCS.[Li+].[Li+].[Li+]. The Kier molecular flexibility index (Phi) is 21.0. The van der Waals surface area contributed by atoms with Crippen molar-refractivity contribution < 1.29 is 133 Å². The minimum absolute atomic E-state index is 0. The molecule has 0 radical (unpaired) electrons. The van der Waals surface area contributed by atoms with Crippen LogP contribution in [0.5, 0.6) is 0 Å². The predicted octanol–water partition coefficient (Wildman–Crippen LogP) is -12.0. The Morgan fingerprint density at radius 3 is 2.33 bits per heavy atom. The minimum atomic E-state index is -5.56. The fourth-order valence-corrected chi connectivity index (χ4v) is 6.95. The predicted molar refractivity (Wildman–Crippen MR) is 160 cm³/mol. The summed E-state index contributed by atoms with van der Waals surface area (Å²) in [6.45, 7) is 0.293. The topological polar surface area (TPSA) is 362 Å². The minimum Gasteiger partial charge on any atom is -0.862 e. The molecule has 3 rings (SSSR count). The zero-order valence-corrected chi connectivity index (χ0v) is 31.6. The van der Waals surface area contributed by atoms with Crippen LogP contribution >= 0.6 is 36.1 Å². The van der Waals surface area contributed by atoms with E-state index >= 15 is 0 Å². The van der Waals surface area contributed by atoms with Gasteiger partial charge in [0.25, 0.3) is 7.82 Å². The molecule has 30 heteroatoms. The summed E-state index contributed by atoms with van der Waals surface area (Å²) in [4.78, 5) is 59.8. The van der Waals surface area contributed by atoms with Gasteiger partial charge in [0.15, 0.2) is 17.7 Å². The second-order valence-corrected chi connectivity index (χ2v) is 15.3. The maximum Gasteiger partial charge on any atom is 1.00 e. The zero-order chi connectivity index (χ0) is 36.1. The van der Waals surface area contributed by atoms with Crippen LogP contribution in [0.15, 0.2) is 22.6 Å². The van der Waals surface area contributed by atoms with Crippen molar-refractivity contribution in [3.8, 4) is 0 Å². The van der Waals surface area contributed by atoms with E-state index in [1.54, 1.807) is 0 Å². The molecule has 8 atom stereocenters. The number of aromatic nitrogens is 4. The summed E-state index contributed by atoms with van der Waals surface area (Å²) < 4.78 is 61.3. The first-order chi connectivity index (χ1) is 22.2. The van der Waals surface area contributed by atoms with Crippen LogP contribution in [0.4, 0.5) is 5.82 Å². The van der Waals surface area contributed by atoms with E-state index in [-0.39, 0.29) is 93.1 Å². The number of aliphatic imine (C=N–C) groups is 2. The Bertz CT molecular complexity index is 1640. The number of nitrogens with zero attached hydrogens (tertiary/aromatic N) is 6. The average molecular weight is 785 g/mol. The number of phosphoric acid groups is 3. The molecular formula is C21H33Li3N7O16P3S. The molecule has 0 aliphatic carbocycles.